The second-order valence-electron chi connectivity index (χ2n) is 6.77. The molecular formula is C22H22FN5O3S. The molecule has 3 aromatic rings. The predicted molar refractivity (Wildman–Crippen MR) is 122 cm³/mol. The van der Waals surface area contributed by atoms with E-state index in [-0.39, 0.29) is 22.7 Å². The number of H-pyrrole nitrogens is 1. The lowest BCUT2D eigenvalue weighted by Gasteiger charge is -2.14. The minimum atomic E-state index is -0.549. The number of hydrogen-bond acceptors (Lipinski definition) is 6. The van der Waals surface area contributed by atoms with Crippen LogP contribution in [0.1, 0.15) is 26.7 Å². The standard InChI is InChI=1S/C22H22FN5O3S/c1-3-17(20(30)24-14-11-9-13(23)10-12-14)32-22-26-21(31)19(27-28-22)15-7-5-6-8-16(15)25-18(29)4-2/h5-12,17H,3-4H2,1-2H3,(H,24,30)(H,25,29)(H,26,28,31)/t17-/m1/s1. The molecule has 0 spiro atoms. The van der Waals surface area contributed by atoms with E-state index in [1.54, 1.807) is 31.2 Å². The van der Waals surface area contributed by atoms with E-state index in [9.17, 15) is 18.8 Å². The fourth-order valence-corrected chi connectivity index (χ4v) is 3.64. The van der Waals surface area contributed by atoms with Crippen LogP contribution < -0.4 is 16.2 Å². The maximum atomic E-state index is 13.0. The third kappa shape index (κ3) is 5.79. The highest BCUT2D eigenvalue weighted by Gasteiger charge is 2.21. The number of thioether (sulfide) groups is 1. The highest BCUT2D eigenvalue weighted by molar-refractivity contribution is 8.00. The lowest BCUT2D eigenvalue weighted by atomic mass is 10.1. The van der Waals surface area contributed by atoms with Crippen molar-refractivity contribution >= 4 is 35.0 Å². The van der Waals surface area contributed by atoms with E-state index >= 15 is 0 Å². The summed E-state index contributed by atoms with van der Waals surface area (Å²) in [4.78, 5) is 39.7. The van der Waals surface area contributed by atoms with Crippen molar-refractivity contribution < 1.29 is 14.0 Å². The van der Waals surface area contributed by atoms with Crippen molar-refractivity contribution in [1.82, 2.24) is 15.2 Å². The number of nitrogens with one attached hydrogen (secondary N) is 3. The van der Waals surface area contributed by atoms with Gasteiger partial charge in [-0.3, -0.25) is 19.4 Å². The van der Waals surface area contributed by atoms with Crippen LogP contribution in [-0.4, -0.2) is 32.2 Å². The summed E-state index contributed by atoms with van der Waals surface area (Å²) in [5.41, 5.74) is 0.945. The van der Waals surface area contributed by atoms with Gasteiger partial charge in [-0.25, -0.2) is 4.39 Å². The summed E-state index contributed by atoms with van der Waals surface area (Å²) in [5, 5.41) is 13.2. The minimum absolute atomic E-state index is 0.0603. The molecule has 0 radical (unpaired) electrons. The van der Waals surface area contributed by atoms with Gasteiger partial charge in [0.05, 0.1) is 10.9 Å². The van der Waals surface area contributed by atoms with Crippen LogP contribution in [0.5, 0.6) is 0 Å². The number of carbonyl (C=O) groups excluding carboxylic acids is 2. The monoisotopic (exact) mass is 455 g/mol. The molecule has 0 unspecified atom stereocenters. The highest BCUT2D eigenvalue weighted by atomic mass is 32.2. The van der Waals surface area contributed by atoms with Crippen molar-refractivity contribution in [3.63, 3.8) is 0 Å². The zero-order chi connectivity index (χ0) is 23.1. The molecule has 0 bridgehead atoms. The third-order valence-electron chi connectivity index (χ3n) is 4.48. The van der Waals surface area contributed by atoms with Crippen LogP contribution in [0.2, 0.25) is 0 Å². The zero-order valence-electron chi connectivity index (χ0n) is 17.5. The van der Waals surface area contributed by atoms with E-state index in [4.69, 9.17) is 0 Å². The first-order chi connectivity index (χ1) is 15.4. The number of benzene rings is 2. The molecule has 0 saturated heterocycles. The number of para-hydroxylation sites is 1. The maximum absolute atomic E-state index is 13.0. The fourth-order valence-electron chi connectivity index (χ4n) is 2.80. The summed E-state index contributed by atoms with van der Waals surface area (Å²) in [5.74, 6) is -0.886. The number of rotatable bonds is 8. The van der Waals surface area contributed by atoms with Gasteiger partial charge in [0.2, 0.25) is 11.8 Å². The number of anilines is 2. The van der Waals surface area contributed by atoms with E-state index in [2.05, 4.69) is 25.8 Å². The lowest BCUT2D eigenvalue weighted by Crippen LogP contribution is -2.25. The molecular weight excluding hydrogens is 433 g/mol. The van der Waals surface area contributed by atoms with Gasteiger partial charge in [0.1, 0.15) is 5.82 Å². The van der Waals surface area contributed by atoms with E-state index in [1.165, 1.54) is 24.3 Å². The Morgan fingerprint density at radius 1 is 1.06 bits per heavy atom. The van der Waals surface area contributed by atoms with Gasteiger partial charge in [0, 0.05) is 17.7 Å². The van der Waals surface area contributed by atoms with Crippen molar-refractivity contribution in [2.24, 2.45) is 0 Å². The Labute approximate surface area is 188 Å². The molecule has 0 fully saturated rings. The number of amides is 2. The summed E-state index contributed by atoms with van der Waals surface area (Å²) >= 11 is 1.07. The molecule has 8 nitrogen and oxygen atoms in total. The summed E-state index contributed by atoms with van der Waals surface area (Å²) in [6.07, 6.45) is 0.763. The molecule has 166 valence electrons. The molecule has 3 rings (SSSR count). The fraction of sp³-hybridized carbons (Fsp3) is 0.227. The molecule has 2 aromatic carbocycles. The summed E-state index contributed by atoms with van der Waals surface area (Å²) in [6.45, 7) is 3.56. The molecule has 3 N–H and O–H groups in total. The number of aromatic nitrogens is 3. The third-order valence-corrected chi connectivity index (χ3v) is 5.72. The van der Waals surface area contributed by atoms with Gasteiger partial charge in [0.15, 0.2) is 10.9 Å². The Hall–Kier alpha value is -3.53. The first-order valence-corrected chi connectivity index (χ1v) is 10.9. The number of nitrogens with zero attached hydrogens (tertiary/aromatic N) is 2. The van der Waals surface area contributed by atoms with Crippen molar-refractivity contribution in [2.75, 3.05) is 10.6 Å². The Morgan fingerprint density at radius 3 is 2.44 bits per heavy atom. The van der Waals surface area contributed by atoms with Crippen LogP contribution in [0.3, 0.4) is 0 Å². The van der Waals surface area contributed by atoms with Gasteiger partial charge in [-0.1, -0.05) is 43.8 Å². The predicted octanol–water partition coefficient (Wildman–Crippen LogP) is 3.83. The second-order valence-corrected chi connectivity index (χ2v) is 7.96. The van der Waals surface area contributed by atoms with Gasteiger partial charge < -0.3 is 10.6 Å². The summed E-state index contributed by atoms with van der Waals surface area (Å²) in [7, 11) is 0. The topological polar surface area (TPSA) is 117 Å². The maximum Gasteiger partial charge on any atom is 0.278 e. The normalized spacial score (nSPS) is 11.6. The van der Waals surface area contributed by atoms with Gasteiger partial charge in [-0.15, -0.1) is 10.2 Å². The minimum Gasteiger partial charge on any atom is -0.325 e. The van der Waals surface area contributed by atoms with Crippen LogP contribution >= 0.6 is 11.8 Å². The van der Waals surface area contributed by atoms with Crippen molar-refractivity contribution in [3.8, 4) is 11.3 Å². The molecule has 10 heteroatoms. The quantitative estimate of drug-likeness (QED) is 0.445. The van der Waals surface area contributed by atoms with Crippen LogP contribution in [0, 0.1) is 5.82 Å². The van der Waals surface area contributed by atoms with Gasteiger partial charge >= 0.3 is 0 Å². The van der Waals surface area contributed by atoms with Crippen molar-refractivity contribution in [3.05, 3.63) is 64.7 Å². The molecule has 32 heavy (non-hydrogen) atoms. The van der Waals surface area contributed by atoms with E-state index in [0.717, 1.165) is 11.8 Å². The first-order valence-electron chi connectivity index (χ1n) is 10.0. The van der Waals surface area contributed by atoms with Crippen LogP contribution in [0.15, 0.2) is 58.5 Å². The van der Waals surface area contributed by atoms with Crippen LogP contribution in [0.4, 0.5) is 15.8 Å². The number of carbonyl (C=O) groups is 2. The largest absolute Gasteiger partial charge is 0.325 e. The second kappa shape index (κ2) is 10.7. The lowest BCUT2D eigenvalue weighted by molar-refractivity contribution is -0.116. The van der Waals surface area contributed by atoms with Crippen LogP contribution in [0.25, 0.3) is 11.3 Å². The molecule has 1 aromatic heterocycles. The van der Waals surface area contributed by atoms with Gasteiger partial charge in [-0.05, 0) is 36.8 Å². The van der Waals surface area contributed by atoms with E-state index in [1.807, 2.05) is 6.92 Å². The molecule has 1 heterocycles. The van der Waals surface area contributed by atoms with Gasteiger partial charge in [-0.2, -0.15) is 0 Å². The first kappa shape index (κ1) is 23.1. The highest BCUT2D eigenvalue weighted by Crippen LogP contribution is 2.26. The molecule has 0 saturated carbocycles. The average Bonchev–Trinajstić information content (AvgIpc) is 2.79. The molecule has 2 amide bonds. The molecule has 0 aliphatic rings. The van der Waals surface area contributed by atoms with Crippen molar-refractivity contribution in [1.29, 1.82) is 0 Å². The zero-order valence-corrected chi connectivity index (χ0v) is 18.3. The van der Waals surface area contributed by atoms with E-state index in [0.29, 0.717) is 29.8 Å². The van der Waals surface area contributed by atoms with E-state index < -0.39 is 16.6 Å². The number of hydrogen-bond donors (Lipinski definition) is 3. The summed E-state index contributed by atoms with van der Waals surface area (Å²) in [6, 6.07) is 12.3. The Morgan fingerprint density at radius 2 is 1.78 bits per heavy atom. The average molecular weight is 456 g/mol. The number of halogens is 1. The Bertz CT molecular complexity index is 1170. The molecule has 0 aliphatic carbocycles. The molecule has 0 aliphatic heterocycles. The van der Waals surface area contributed by atoms with Crippen molar-refractivity contribution in [2.45, 2.75) is 37.1 Å². The van der Waals surface area contributed by atoms with Gasteiger partial charge in [0.25, 0.3) is 5.56 Å². The Kier molecular flexibility index (Phi) is 7.72. The van der Waals surface area contributed by atoms with Crippen LogP contribution in [-0.2, 0) is 9.59 Å². The number of aromatic amines is 1. The summed E-state index contributed by atoms with van der Waals surface area (Å²) < 4.78 is 13.0. The Balaban J connectivity index is 1.77. The molecule has 1 atom stereocenters. The SMILES string of the molecule is CCC(=O)Nc1ccccc1-c1nnc(S[C@H](CC)C(=O)Nc2ccc(F)cc2)[nH]c1=O. The smallest absolute Gasteiger partial charge is 0.278 e.